The van der Waals surface area contributed by atoms with E-state index in [-0.39, 0.29) is 0 Å². The van der Waals surface area contributed by atoms with Gasteiger partial charge in [-0.25, -0.2) is 0 Å². The van der Waals surface area contributed by atoms with E-state index in [9.17, 15) is 4.79 Å². The molecule has 4 rings (SSSR count). The monoisotopic (exact) mass is 380 g/mol. The summed E-state index contributed by atoms with van der Waals surface area (Å²) in [5, 5.41) is 0. The van der Waals surface area contributed by atoms with Crippen molar-refractivity contribution in [2.75, 3.05) is 0 Å². The van der Waals surface area contributed by atoms with Gasteiger partial charge in [-0.15, -0.1) is 0 Å². The molecule has 1 nitrogen and oxygen atoms in total. The summed E-state index contributed by atoms with van der Waals surface area (Å²) in [6.45, 7) is 11.9. The summed E-state index contributed by atoms with van der Waals surface area (Å²) in [4.78, 5) is 12.0. The Labute approximate surface area is 172 Å². The summed E-state index contributed by atoms with van der Waals surface area (Å²) in [6, 6.07) is 0. The summed E-state index contributed by atoms with van der Waals surface area (Å²) in [5.41, 5.74) is 3.70. The zero-order chi connectivity index (χ0) is 20.1. The third-order valence-electron chi connectivity index (χ3n) is 9.51. The Morgan fingerprint density at radius 3 is 2.61 bits per heavy atom. The number of fused-ring (bicyclic) bond motifs is 5. The van der Waals surface area contributed by atoms with Crippen LogP contribution >= 0.6 is 0 Å². The number of carbonyl (C=O) groups is 1. The molecular formula is C27H40O. The molecule has 0 aromatic rings. The molecule has 1 heteroatoms. The highest BCUT2D eigenvalue weighted by Crippen LogP contribution is 2.67. The van der Waals surface area contributed by atoms with Crippen LogP contribution in [-0.4, -0.2) is 5.78 Å². The van der Waals surface area contributed by atoms with E-state index in [0.717, 1.165) is 36.5 Å². The molecule has 7 atom stereocenters. The van der Waals surface area contributed by atoms with Crippen LogP contribution in [0.1, 0.15) is 86.0 Å². The standard InChI is InChI=1S/C27H40O/c1-18(2)7-6-8-19(3)23-11-12-24-22-10-9-20-17-21(28)13-15-26(20,4)25(22)14-16-27(23,24)5/h6-8,17,19,22-25H,9-16H2,1-5H3/b8-6+/t19-,22?,23?,24?,25?,26+,27-/m1/s1. The lowest BCUT2D eigenvalue weighted by Gasteiger charge is -2.58. The summed E-state index contributed by atoms with van der Waals surface area (Å²) in [7, 11) is 0. The zero-order valence-corrected chi connectivity index (χ0v) is 18.8. The normalized spacial score (nSPS) is 43.8. The first-order chi connectivity index (χ1) is 13.3. The summed E-state index contributed by atoms with van der Waals surface area (Å²) in [6.07, 6.45) is 19.0. The number of hydrogen-bond acceptors (Lipinski definition) is 1. The van der Waals surface area contributed by atoms with Crippen LogP contribution in [0.4, 0.5) is 0 Å². The Hall–Kier alpha value is -1.11. The number of ketones is 1. The fraction of sp³-hybridized carbons (Fsp3) is 0.741. The lowest BCUT2D eigenvalue weighted by Crippen LogP contribution is -2.50. The fourth-order valence-corrected chi connectivity index (χ4v) is 8.02. The van der Waals surface area contributed by atoms with E-state index in [4.69, 9.17) is 0 Å². The highest BCUT2D eigenvalue weighted by Gasteiger charge is 2.59. The van der Waals surface area contributed by atoms with Crippen LogP contribution in [0.15, 0.2) is 35.5 Å². The van der Waals surface area contributed by atoms with Crippen LogP contribution in [0.25, 0.3) is 0 Å². The molecule has 4 aliphatic rings. The summed E-state index contributed by atoms with van der Waals surface area (Å²) in [5.74, 6) is 4.47. The number of rotatable bonds is 3. The maximum atomic E-state index is 12.0. The molecular weight excluding hydrogens is 340 g/mol. The summed E-state index contributed by atoms with van der Waals surface area (Å²) < 4.78 is 0. The molecule has 0 heterocycles. The second-order valence-corrected chi connectivity index (χ2v) is 11.2. The molecule has 0 bridgehead atoms. The quantitative estimate of drug-likeness (QED) is 0.470. The minimum Gasteiger partial charge on any atom is -0.295 e. The van der Waals surface area contributed by atoms with Gasteiger partial charge in [-0.3, -0.25) is 4.79 Å². The Kier molecular flexibility index (Phi) is 5.26. The van der Waals surface area contributed by atoms with Gasteiger partial charge < -0.3 is 0 Å². The third kappa shape index (κ3) is 3.17. The van der Waals surface area contributed by atoms with Gasteiger partial charge in [-0.1, -0.05) is 50.1 Å². The first kappa shape index (κ1) is 20.2. The Morgan fingerprint density at radius 1 is 1.07 bits per heavy atom. The molecule has 28 heavy (non-hydrogen) atoms. The topological polar surface area (TPSA) is 17.1 Å². The lowest BCUT2D eigenvalue weighted by molar-refractivity contribution is -0.117. The molecule has 0 radical (unpaired) electrons. The number of hydrogen-bond donors (Lipinski definition) is 0. The Balaban J connectivity index is 1.55. The van der Waals surface area contributed by atoms with Crippen LogP contribution in [-0.2, 0) is 4.79 Å². The van der Waals surface area contributed by atoms with Gasteiger partial charge in [0, 0.05) is 6.42 Å². The van der Waals surface area contributed by atoms with Crippen LogP contribution in [0.2, 0.25) is 0 Å². The smallest absolute Gasteiger partial charge is 0.155 e. The van der Waals surface area contributed by atoms with Gasteiger partial charge in [-0.2, -0.15) is 0 Å². The molecule has 0 aliphatic heterocycles. The number of carbonyl (C=O) groups excluding carboxylic acids is 1. The van der Waals surface area contributed by atoms with Gasteiger partial charge in [0.15, 0.2) is 5.78 Å². The second kappa shape index (κ2) is 7.29. The van der Waals surface area contributed by atoms with Gasteiger partial charge in [0.1, 0.15) is 0 Å². The maximum Gasteiger partial charge on any atom is 0.155 e. The van der Waals surface area contributed by atoms with E-state index >= 15 is 0 Å². The Morgan fingerprint density at radius 2 is 1.86 bits per heavy atom. The van der Waals surface area contributed by atoms with Crippen molar-refractivity contribution >= 4 is 5.78 Å². The van der Waals surface area contributed by atoms with Gasteiger partial charge in [0.2, 0.25) is 0 Å². The molecule has 4 unspecified atom stereocenters. The van der Waals surface area contributed by atoms with E-state index in [1.165, 1.54) is 49.7 Å². The zero-order valence-electron chi connectivity index (χ0n) is 18.8. The molecule has 3 fully saturated rings. The van der Waals surface area contributed by atoms with Crippen LogP contribution in [0.3, 0.4) is 0 Å². The highest BCUT2D eigenvalue weighted by atomic mass is 16.1. The van der Waals surface area contributed by atoms with Crippen LogP contribution < -0.4 is 0 Å². The largest absolute Gasteiger partial charge is 0.295 e. The van der Waals surface area contributed by atoms with Crippen LogP contribution in [0.5, 0.6) is 0 Å². The minimum atomic E-state index is 0.311. The first-order valence-electron chi connectivity index (χ1n) is 11.8. The molecule has 4 aliphatic carbocycles. The van der Waals surface area contributed by atoms with Crippen molar-refractivity contribution in [2.24, 2.45) is 40.4 Å². The second-order valence-electron chi connectivity index (χ2n) is 11.2. The maximum absolute atomic E-state index is 12.0. The van der Waals surface area contributed by atoms with Gasteiger partial charge in [-0.05, 0) is 105 Å². The van der Waals surface area contributed by atoms with Crippen molar-refractivity contribution in [1.82, 2.24) is 0 Å². The SMILES string of the molecule is CC(C)=C/C=C/[C@@H](C)C1CCC2C3CCC4=CC(=O)CC[C@]4(C)C3CC[C@@]21C. The van der Waals surface area contributed by atoms with Gasteiger partial charge >= 0.3 is 0 Å². The van der Waals surface area contributed by atoms with E-state index in [1.54, 1.807) is 0 Å². The van der Waals surface area contributed by atoms with E-state index in [2.05, 4.69) is 52.8 Å². The summed E-state index contributed by atoms with van der Waals surface area (Å²) >= 11 is 0. The van der Waals surface area contributed by atoms with Gasteiger partial charge in [0.25, 0.3) is 0 Å². The third-order valence-corrected chi connectivity index (χ3v) is 9.51. The molecule has 3 saturated carbocycles. The molecule has 0 aromatic carbocycles. The average molecular weight is 381 g/mol. The average Bonchev–Trinajstić information content (AvgIpc) is 2.99. The van der Waals surface area contributed by atoms with Crippen molar-refractivity contribution in [3.8, 4) is 0 Å². The first-order valence-corrected chi connectivity index (χ1v) is 11.8. The van der Waals surface area contributed by atoms with E-state index in [0.29, 0.717) is 22.5 Å². The van der Waals surface area contributed by atoms with Crippen molar-refractivity contribution in [2.45, 2.75) is 86.0 Å². The molecule has 0 saturated heterocycles. The van der Waals surface area contributed by atoms with E-state index < -0.39 is 0 Å². The molecule has 0 N–H and O–H groups in total. The lowest BCUT2D eigenvalue weighted by atomic mass is 9.46. The predicted octanol–water partition coefficient (Wildman–Crippen LogP) is 7.29. The predicted molar refractivity (Wildman–Crippen MR) is 118 cm³/mol. The van der Waals surface area contributed by atoms with Crippen molar-refractivity contribution in [1.29, 1.82) is 0 Å². The highest BCUT2D eigenvalue weighted by molar-refractivity contribution is 5.91. The van der Waals surface area contributed by atoms with Crippen molar-refractivity contribution in [3.63, 3.8) is 0 Å². The molecule has 0 aromatic heterocycles. The molecule has 0 amide bonds. The molecule has 154 valence electrons. The van der Waals surface area contributed by atoms with Crippen molar-refractivity contribution in [3.05, 3.63) is 35.5 Å². The molecule has 0 spiro atoms. The fourth-order valence-electron chi connectivity index (χ4n) is 8.02. The van der Waals surface area contributed by atoms with Crippen LogP contribution in [0, 0.1) is 40.4 Å². The van der Waals surface area contributed by atoms with Gasteiger partial charge in [0.05, 0.1) is 0 Å². The van der Waals surface area contributed by atoms with E-state index in [1.807, 2.05) is 6.08 Å². The number of allylic oxidation sites excluding steroid dienone is 5. The van der Waals surface area contributed by atoms with Crippen molar-refractivity contribution < 1.29 is 4.79 Å². The Bertz CT molecular complexity index is 721. The minimum absolute atomic E-state index is 0.311.